The van der Waals surface area contributed by atoms with Gasteiger partial charge in [0.15, 0.2) is 11.6 Å². The summed E-state index contributed by atoms with van der Waals surface area (Å²) < 4.78 is 33.0. The fourth-order valence-corrected chi connectivity index (χ4v) is 4.00. The molecule has 4 rings (SSSR count). The van der Waals surface area contributed by atoms with Crippen LogP contribution in [0, 0.1) is 11.6 Å². The Morgan fingerprint density at radius 3 is 2.26 bits per heavy atom. The summed E-state index contributed by atoms with van der Waals surface area (Å²) in [5.74, 6) is -2.72. The molecule has 0 aliphatic heterocycles. The Kier molecular flexibility index (Phi) is 7.55. The van der Waals surface area contributed by atoms with E-state index in [1.165, 1.54) is 6.07 Å². The number of hydrogen-bond donors (Lipinski definition) is 1. The number of carbonyl (C=O) groups excluding carboxylic acids is 1. The standard InChI is InChI=1S/C26H17Cl3F2N2O2/c1-2-32-25(34)20-13-19(14-3-5-15(27)6-4-14)24(18-9-7-16(28)11-21(18)29)33-26(20)35-17-8-10-22(30)23(31)12-17/h3-13H,2H2,1H3,(H,32,34). The second-order valence-corrected chi connectivity index (χ2v) is 8.69. The fraction of sp³-hybridized carbons (Fsp3) is 0.0769. The van der Waals surface area contributed by atoms with E-state index in [1.54, 1.807) is 55.5 Å². The highest BCUT2D eigenvalue weighted by molar-refractivity contribution is 6.36. The normalized spacial score (nSPS) is 10.8. The van der Waals surface area contributed by atoms with Crippen molar-refractivity contribution < 1.29 is 18.3 Å². The summed E-state index contributed by atoms with van der Waals surface area (Å²) in [6.07, 6.45) is 0. The second-order valence-electron chi connectivity index (χ2n) is 7.41. The molecule has 0 bridgehead atoms. The molecule has 4 aromatic rings. The maximum Gasteiger partial charge on any atom is 0.256 e. The fourth-order valence-electron chi connectivity index (χ4n) is 3.38. The summed E-state index contributed by atoms with van der Waals surface area (Å²) in [7, 11) is 0. The third kappa shape index (κ3) is 5.56. The first-order valence-electron chi connectivity index (χ1n) is 10.4. The quantitative estimate of drug-likeness (QED) is 0.272. The number of rotatable bonds is 6. The van der Waals surface area contributed by atoms with E-state index in [4.69, 9.17) is 39.5 Å². The molecule has 35 heavy (non-hydrogen) atoms. The van der Waals surface area contributed by atoms with Crippen molar-refractivity contribution in [1.82, 2.24) is 10.3 Å². The number of benzene rings is 3. The van der Waals surface area contributed by atoms with Crippen LogP contribution in [0.15, 0.2) is 66.7 Å². The highest BCUT2D eigenvalue weighted by Gasteiger charge is 2.22. The van der Waals surface area contributed by atoms with Crippen LogP contribution in [0.1, 0.15) is 17.3 Å². The molecule has 1 aromatic heterocycles. The summed E-state index contributed by atoms with van der Waals surface area (Å²) >= 11 is 18.6. The third-order valence-corrected chi connectivity index (χ3v) is 5.82. The van der Waals surface area contributed by atoms with Crippen molar-refractivity contribution in [2.75, 3.05) is 6.54 Å². The number of nitrogens with zero attached hydrogens (tertiary/aromatic N) is 1. The Labute approximate surface area is 215 Å². The lowest BCUT2D eigenvalue weighted by molar-refractivity contribution is 0.0953. The largest absolute Gasteiger partial charge is 0.438 e. The van der Waals surface area contributed by atoms with Gasteiger partial charge in [0.05, 0.1) is 10.7 Å². The molecule has 4 nitrogen and oxygen atoms in total. The van der Waals surface area contributed by atoms with Gasteiger partial charge in [-0.1, -0.05) is 46.9 Å². The van der Waals surface area contributed by atoms with Gasteiger partial charge < -0.3 is 10.1 Å². The Morgan fingerprint density at radius 1 is 0.886 bits per heavy atom. The molecule has 0 aliphatic carbocycles. The number of nitrogens with one attached hydrogen (secondary N) is 1. The highest BCUT2D eigenvalue weighted by atomic mass is 35.5. The highest BCUT2D eigenvalue weighted by Crippen LogP contribution is 2.40. The maximum atomic E-state index is 13.8. The number of carbonyl (C=O) groups is 1. The molecule has 0 radical (unpaired) electrons. The number of pyridine rings is 1. The van der Waals surface area contributed by atoms with Crippen molar-refractivity contribution in [3.63, 3.8) is 0 Å². The van der Waals surface area contributed by atoms with Crippen LogP contribution in [0.3, 0.4) is 0 Å². The Balaban J connectivity index is 1.97. The van der Waals surface area contributed by atoms with Gasteiger partial charge in [-0.25, -0.2) is 13.8 Å². The van der Waals surface area contributed by atoms with Gasteiger partial charge in [0, 0.05) is 33.8 Å². The first-order valence-corrected chi connectivity index (χ1v) is 11.6. The van der Waals surface area contributed by atoms with Crippen LogP contribution in [0.25, 0.3) is 22.4 Å². The topological polar surface area (TPSA) is 51.2 Å². The van der Waals surface area contributed by atoms with Gasteiger partial charge >= 0.3 is 0 Å². The van der Waals surface area contributed by atoms with Gasteiger partial charge in [-0.2, -0.15) is 0 Å². The molecule has 0 fully saturated rings. The zero-order chi connectivity index (χ0) is 25.1. The van der Waals surface area contributed by atoms with Gasteiger partial charge in [-0.3, -0.25) is 4.79 Å². The van der Waals surface area contributed by atoms with Crippen LogP contribution >= 0.6 is 34.8 Å². The van der Waals surface area contributed by atoms with Crippen molar-refractivity contribution in [2.45, 2.75) is 6.92 Å². The smallest absolute Gasteiger partial charge is 0.256 e. The Hall–Kier alpha value is -3.19. The zero-order valence-corrected chi connectivity index (χ0v) is 20.5. The van der Waals surface area contributed by atoms with E-state index in [2.05, 4.69) is 10.3 Å². The molecule has 1 amide bonds. The molecular formula is C26H17Cl3F2N2O2. The van der Waals surface area contributed by atoms with E-state index in [9.17, 15) is 13.6 Å². The lowest BCUT2D eigenvalue weighted by Gasteiger charge is -2.17. The number of ether oxygens (including phenoxy) is 1. The number of aromatic nitrogens is 1. The van der Waals surface area contributed by atoms with E-state index in [0.29, 0.717) is 44.0 Å². The minimum atomic E-state index is -1.10. The van der Waals surface area contributed by atoms with Gasteiger partial charge in [0.1, 0.15) is 11.3 Å². The minimum Gasteiger partial charge on any atom is -0.438 e. The van der Waals surface area contributed by atoms with Crippen molar-refractivity contribution in [3.8, 4) is 34.0 Å². The average Bonchev–Trinajstić information content (AvgIpc) is 2.82. The van der Waals surface area contributed by atoms with Crippen molar-refractivity contribution in [2.24, 2.45) is 0 Å². The maximum absolute atomic E-state index is 13.8. The minimum absolute atomic E-state index is 0.0330. The number of amides is 1. The molecule has 1 heterocycles. The van der Waals surface area contributed by atoms with Crippen molar-refractivity contribution >= 4 is 40.7 Å². The predicted molar refractivity (Wildman–Crippen MR) is 135 cm³/mol. The van der Waals surface area contributed by atoms with Crippen molar-refractivity contribution in [3.05, 3.63) is 99.0 Å². The van der Waals surface area contributed by atoms with E-state index in [0.717, 1.165) is 12.1 Å². The molecule has 1 N–H and O–H groups in total. The van der Waals surface area contributed by atoms with Crippen LogP contribution < -0.4 is 10.1 Å². The van der Waals surface area contributed by atoms with Gasteiger partial charge in [0.25, 0.3) is 5.91 Å². The van der Waals surface area contributed by atoms with Gasteiger partial charge in [0.2, 0.25) is 5.88 Å². The zero-order valence-electron chi connectivity index (χ0n) is 18.2. The van der Waals surface area contributed by atoms with Crippen LogP contribution in [0.5, 0.6) is 11.6 Å². The second kappa shape index (κ2) is 10.6. The monoisotopic (exact) mass is 532 g/mol. The predicted octanol–water partition coefficient (Wildman–Crippen LogP) is 8.20. The summed E-state index contributed by atoms with van der Waals surface area (Å²) in [5, 5.41) is 4.01. The molecule has 0 aliphatic rings. The van der Waals surface area contributed by atoms with E-state index < -0.39 is 17.5 Å². The lowest BCUT2D eigenvalue weighted by atomic mass is 9.97. The van der Waals surface area contributed by atoms with Crippen LogP contribution in [-0.4, -0.2) is 17.4 Å². The summed E-state index contributed by atoms with van der Waals surface area (Å²) in [6, 6.07) is 16.6. The van der Waals surface area contributed by atoms with E-state index in [-0.39, 0.29) is 17.2 Å². The van der Waals surface area contributed by atoms with Crippen LogP contribution in [-0.2, 0) is 0 Å². The van der Waals surface area contributed by atoms with Gasteiger partial charge in [-0.05, 0) is 61.0 Å². The molecule has 0 atom stereocenters. The molecular weight excluding hydrogens is 517 g/mol. The van der Waals surface area contributed by atoms with Crippen molar-refractivity contribution in [1.29, 1.82) is 0 Å². The van der Waals surface area contributed by atoms with Crippen LogP contribution in [0.4, 0.5) is 8.78 Å². The average molecular weight is 534 g/mol. The number of halogens is 5. The molecule has 0 unspecified atom stereocenters. The van der Waals surface area contributed by atoms with E-state index in [1.807, 2.05) is 0 Å². The lowest BCUT2D eigenvalue weighted by Crippen LogP contribution is -2.23. The molecule has 9 heteroatoms. The third-order valence-electron chi connectivity index (χ3n) is 5.02. The summed E-state index contributed by atoms with van der Waals surface area (Å²) in [4.78, 5) is 17.6. The first kappa shape index (κ1) is 24.9. The molecule has 0 spiro atoms. The molecule has 3 aromatic carbocycles. The molecule has 178 valence electrons. The summed E-state index contributed by atoms with van der Waals surface area (Å²) in [6.45, 7) is 2.12. The summed E-state index contributed by atoms with van der Waals surface area (Å²) in [5.41, 5.74) is 2.30. The molecule has 0 saturated carbocycles. The molecule has 0 saturated heterocycles. The Morgan fingerprint density at radius 2 is 1.60 bits per heavy atom. The first-order chi connectivity index (χ1) is 16.8. The SMILES string of the molecule is CCNC(=O)c1cc(-c2ccc(Cl)cc2)c(-c2ccc(Cl)cc2Cl)nc1Oc1ccc(F)c(F)c1. The van der Waals surface area contributed by atoms with Gasteiger partial charge in [-0.15, -0.1) is 0 Å². The van der Waals surface area contributed by atoms with E-state index >= 15 is 0 Å². The Bertz CT molecular complexity index is 1410. The van der Waals surface area contributed by atoms with Crippen LogP contribution in [0.2, 0.25) is 15.1 Å². The number of hydrogen-bond acceptors (Lipinski definition) is 3.